The van der Waals surface area contributed by atoms with Crippen LogP contribution in [0.2, 0.25) is 0 Å². The number of nitrogens with zero attached hydrogens (tertiary/aromatic N) is 1. The Kier molecular flexibility index (Phi) is 4.79. The summed E-state index contributed by atoms with van der Waals surface area (Å²) in [4.78, 5) is 4.59. The lowest BCUT2D eigenvalue weighted by Gasteiger charge is -2.41. The molecule has 0 bridgehead atoms. The Labute approximate surface area is 115 Å². The fraction of sp³-hybridized carbons (Fsp3) is 0.800. The Morgan fingerprint density at radius 2 is 2.17 bits per heavy atom. The van der Waals surface area contributed by atoms with Gasteiger partial charge in [0.15, 0.2) is 0 Å². The van der Waals surface area contributed by atoms with Crippen LogP contribution in [0.5, 0.6) is 0 Å². The number of aromatic nitrogens is 1. The third kappa shape index (κ3) is 2.94. The summed E-state index contributed by atoms with van der Waals surface area (Å²) >= 11 is 1.81. The molecule has 0 amide bonds. The molecule has 1 heterocycles. The van der Waals surface area contributed by atoms with Gasteiger partial charge in [0.25, 0.3) is 0 Å². The normalized spacial score (nSPS) is 28.8. The molecule has 0 atom stereocenters. The molecule has 0 radical (unpaired) electrons. The van der Waals surface area contributed by atoms with Crippen molar-refractivity contribution in [3.63, 3.8) is 0 Å². The molecular weight excluding hydrogens is 240 g/mol. The molecule has 0 saturated heterocycles. The van der Waals surface area contributed by atoms with Crippen LogP contribution in [-0.2, 0) is 5.54 Å². The van der Waals surface area contributed by atoms with Gasteiger partial charge in [-0.3, -0.25) is 0 Å². The van der Waals surface area contributed by atoms with Gasteiger partial charge in [0.1, 0.15) is 5.01 Å². The second kappa shape index (κ2) is 6.16. The number of nitrogens with one attached hydrogen (secondary N) is 1. The number of hydrogen-bond acceptors (Lipinski definition) is 3. The lowest BCUT2D eigenvalue weighted by molar-refractivity contribution is 0.160. The van der Waals surface area contributed by atoms with Gasteiger partial charge < -0.3 is 5.32 Å². The monoisotopic (exact) mass is 266 g/mol. The predicted octanol–water partition coefficient (Wildman–Crippen LogP) is 4.18. The molecule has 2 rings (SSSR count). The molecule has 18 heavy (non-hydrogen) atoms. The van der Waals surface area contributed by atoms with E-state index in [1.54, 1.807) is 0 Å². The van der Waals surface area contributed by atoms with Crippen LogP contribution in [0.25, 0.3) is 0 Å². The molecule has 1 fully saturated rings. The highest BCUT2D eigenvalue weighted by Crippen LogP contribution is 2.42. The largest absolute Gasteiger partial charge is 0.305 e. The third-order valence-electron chi connectivity index (χ3n) is 4.38. The molecule has 2 nitrogen and oxygen atoms in total. The van der Waals surface area contributed by atoms with Gasteiger partial charge in [-0.15, -0.1) is 11.3 Å². The van der Waals surface area contributed by atoms with Gasteiger partial charge in [0, 0.05) is 11.6 Å². The zero-order chi connectivity index (χ0) is 13.0. The highest BCUT2D eigenvalue weighted by atomic mass is 32.1. The standard InChI is InChI=1S/C15H26N2S/c1-4-9-17-15(14-16-10-11-18-14)7-5-13(6-8-15)12(2)3/h10-13,17H,4-9H2,1-3H3. The van der Waals surface area contributed by atoms with Crippen molar-refractivity contribution in [3.8, 4) is 0 Å². The molecule has 0 spiro atoms. The van der Waals surface area contributed by atoms with Crippen LogP contribution in [0.15, 0.2) is 11.6 Å². The first-order valence-corrected chi connectivity index (χ1v) is 8.21. The second-order valence-electron chi connectivity index (χ2n) is 5.93. The van der Waals surface area contributed by atoms with Gasteiger partial charge in [-0.05, 0) is 50.5 Å². The van der Waals surface area contributed by atoms with E-state index in [0.29, 0.717) is 0 Å². The Hall–Kier alpha value is -0.410. The summed E-state index contributed by atoms with van der Waals surface area (Å²) in [5.41, 5.74) is 0.176. The summed E-state index contributed by atoms with van der Waals surface area (Å²) in [5, 5.41) is 7.21. The molecule has 0 aliphatic heterocycles. The van der Waals surface area contributed by atoms with E-state index in [-0.39, 0.29) is 5.54 Å². The molecule has 1 N–H and O–H groups in total. The highest BCUT2D eigenvalue weighted by molar-refractivity contribution is 7.09. The topological polar surface area (TPSA) is 24.9 Å². The lowest BCUT2D eigenvalue weighted by Crippen LogP contribution is -2.46. The maximum Gasteiger partial charge on any atom is 0.113 e. The first-order valence-electron chi connectivity index (χ1n) is 7.33. The third-order valence-corrected chi connectivity index (χ3v) is 5.36. The van der Waals surface area contributed by atoms with Gasteiger partial charge in [-0.2, -0.15) is 0 Å². The van der Waals surface area contributed by atoms with Gasteiger partial charge in [0.2, 0.25) is 0 Å². The fourth-order valence-corrected chi connectivity index (χ4v) is 3.96. The lowest BCUT2D eigenvalue weighted by atomic mass is 9.73. The van der Waals surface area contributed by atoms with E-state index in [9.17, 15) is 0 Å². The Morgan fingerprint density at radius 1 is 1.44 bits per heavy atom. The highest BCUT2D eigenvalue weighted by Gasteiger charge is 2.38. The van der Waals surface area contributed by atoms with Crippen LogP contribution >= 0.6 is 11.3 Å². The van der Waals surface area contributed by atoms with Crippen LogP contribution in [0.1, 0.15) is 57.9 Å². The minimum atomic E-state index is 0.176. The predicted molar refractivity (Wildman–Crippen MR) is 78.9 cm³/mol. The van der Waals surface area contributed by atoms with Crippen LogP contribution in [0.4, 0.5) is 0 Å². The second-order valence-corrected chi connectivity index (χ2v) is 6.82. The summed E-state index contributed by atoms with van der Waals surface area (Å²) in [6.45, 7) is 8.06. The SMILES string of the molecule is CCCNC1(c2nccs2)CCC(C(C)C)CC1. The summed E-state index contributed by atoms with van der Waals surface area (Å²) in [7, 11) is 0. The molecule has 1 aliphatic rings. The first kappa shape index (κ1) is 14.0. The minimum absolute atomic E-state index is 0.176. The minimum Gasteiger partial charge on any atom is -0.305 e. The van der Waals surface area contributed by atoms with E-state index in [1.807, 2.05) is 17.5 Å². The van der Waals surface area contributed by atoms with Crippen molar-refractivity contribution < 1.29 is 0 Å². The van der Waals surface area contributed by atoms with Gasteiger partial charge in [-0.1, -0.05) is 20.8 Å². The van der Waals surface area contributed by atoms with Gasteiger partial charge >= 0.3 is 0 Å². The average molecular weight is 266 g/mol. The smallest absolute Gasteiger partial charge is 0.113 e. The molecule has 1 aliphatic carbocycles. The van der Waals surface area contributed by atoms with Gasteiger partial charge in [0.05, 0.1) is 5.54 Å². The summed E-state index contributed by atoms with van der Waals surface area (Å²) in [5.74, 6) is 1.73. The van der Waals surface area contributed by atoms with Crippen molar-refractivity contribution in [1.29, 1.82) is 0 Å². The van der Waals surface area contributed by atoms with Crippen LogP contribution in [0, 0.1) is 11.8 Å². The van der Waals surface area contributed by atoms with Crippen molar-refractivity contribution in [3.05, 3.63) is 16.6 Å². The first-order chi connectivity index (χ1) is 8.68. The van der Waals surface area contributed by atoms with Gasteiger partial charge in [-0.25, -0.2) is 4.98 Å². The molecule has 0 unspecified atom stereocenters. The Morgan fingerprint density at radius 3 is 2.67 bits per heavy atom. The summed E-state index contributed by atoms with van der Waals surface area (Å²) in [6.07, 6.45) is 8.33. The Balaban J connectivity index is 2.09. The van der Waals surface area contributed by atoms with Crippen LogP contribution in [0.3, 0.4) is 0 Å². The molecule has 1 aromatic rings. The molecule has 102 valence electrons. The molecule has 0 aromatic carbocycles. The molecule has 3 heteroatoms. The maximum atomic E-state index is 4.59. The van der Waals surface area contributed by atoms with E-state index in [2.05, 4.69) is 36.5 Å². The number of hydrogen-bond donors (Lipinski definition) is 1. The maximum absolute atomic E-state index is 4.59. The van der Waals surface area contributed by atoms with E-state index < -0.39 is 0 Å². The van der Waals surface area contributed by atoms with Crippen LogP contribution < -0.4 is 5.32 Å². The van der Waals surface area contributed by atoms with Crippen molar-refractivity contribution in [2.24, 2.45) is 11.8 Å². The van der Waals surface area contributed by atoms with E-state index in [0.717, 1.165) is 18.4 Å². The quantitative estimate of drug-likeness (QED) is 0.864. The zero-order valence-corrected chi connectivity index (χ0v) is 12.7. The van der Waals surface area contributed by atoms with Crippen molar-refractivity contribution in [1.82, 2.24) is 10.3 Å². The Bertz CT molecular complexity index is 337. The average Bonchev–Trinajstić information content (AvgIpc) is 2.91. The van der Waals surface area contributed by atoms with Crippen molar-refractivity contribution in [2.45, 2.75) is 58.4 Å². The fourth-order valence-electron chi connectivity index (χ4n) is 3.09. The molecular formula is C15H26N2S. The summed E-state index contributed by atoms with van der Waals surface area (Å²) in [6, 6.07) is 0. The molecule has 1 aromatic heterocycles. The van der Waals surface area contributed by atoms with E-state index >= 15 is 0 Å². The zero-order valence-electron chi connectivity index (χ0n) is 11.9. The van der Waals surface area contributed by atoms with Crippen molar-refractivity contribution in [2.75, 3.05) is 6.54 Å². The number of rotatable bonds is 5. The van der Waals surface area contributed by atoms with Crippen molar-refractivity contribution >= 4 is 11.3 Å². The van der Waals surface area contributed by atoms with Crippen LogP contribution in [-0.4, -0.2) is 11.5 Å². The van der Waals surface area contributed by atoms with E-state index in [1.165, 1.54) is 37.1 Å². The summed E-state index contributed by atoms with van der Waals surface area (Å²) < 4.78 is 0. The molecule has 1 saturated carbocycles. The van der Waals surface area contributed by atoms with E-state index in [4.69, 9.17) is 0 Å². The number of thiazole rings is 1.